The molecule has 0 spiro atoms. The minimum absolute atomic E-state index is 0. The fourth-order valence-corrected chi connectivity index (χ4v) is 3.54. The number of hydrogen-bond acceptors (Lipinski definition) is 2. The molecule has 2 aliphatic carbocycles. The lowest BCUT2D eigenvalue weighted by atomic mass is 9.85. The minimum Gasteiger partial charge on any atom is -0.356 e. The Morgan fingerprint density at radius 1 is 1.14 bits per heavy atom. The first-order chi connectivity index (χ1) is 13.0. The molecule has 3 rings (SSSR count). The summed E-state index contributed by atoms with van der Waals surface area (Å²) in [6.45, 7) is 0.443. The van der Waals surface area contributed by atoms with Gasteiger partial charge in [0.2, 0.25) is 5.91 Å². The largest absolute Gasteiger partial charge is 0.356 e. The molecule has 2 saturated carbocycles. The normalized spacial score (nSPS) is 22.2. The Kier molecular flexibility index (Phi) is 8.91. The highest BCUT2D eigenvalue weighted by atomic mass is 127. The van der Waals surface area contributed by atoms with Crippen molar-refractivity contribution in [3.8, 4) is 0 Å². The Balaban J connectivity index is 0.00000280. The maximum Gasteiger partial charge on any atom is 0.223 e. The van der Waals surface area contributed by atoms with Gasteiger partial charge in [-0.15, -0.1) is 24.0 Å². The second-order valence-electron chi connectivity index (χ2n) is 7.47. The number of amides is 1. The van der Waals surface area contributed by atoms with Crippen LogP contribution in [0, 0.1) is 17.6 Å². The highest BCUT2D eigenvalue weighted by Gasteiger charge is 2.31. The fraction of sp³-hybridized carbons (Fsp3) is 0.600. The SMILES string of the molecule is CN=C(NCCc1cc(F)ccc1F)NC1CCCC(C(=O)NC2CC2)C1.I. The Morgan fingerprint density at radius 3 is 2.64 bits per heavy atom. The lowest BCUT2D eigenvalue weighted by Gasteiger charge is -2.30. The van der Waals surface area contributed by atoms with Crippen LogP contribution in [0.2, 0.25) is 0 Å². The summed E-state index contributed by atoms with van der Waals surface area (Å²) >= 11 is 0. The minimum atomic E-state index is -0.438. The van der Waals surface area contributed by atoms with E-state index in [9.17, 15) is 13.6 Å². The second-order valence-corrected chi connectivity index (χ2v) is 7.47. The van der Waals surface area contributed by atoms with Gasteiger partial charge in [0.25, 0.3) is 0 Å². The summed E-state index contributed by atoms with van der Waals surface area (Å²) in [5.41, 5.74) is 0.340. The summed E-state index contributed by atoms with van der Waals surface area (Å²) in [5.74, 6) is 0.00880. The summed E-state index contributed by atoms with van der Waals surface area (Å²) in [7, 11) is 1.68. The van der Waals surface area contributed by atoms with Crippen molar-refractivity contribution in [1.82, 2.24) is 16.0 Å². The molecule has 2 unspecified atom stereocenters. The number of nitrogens with zero attached hydrogens (tertiary/aromatic N) is 1. The van der Waals surface area contributed by atoms with Gasteiger partial charge in [-0.1, -0.05) is 6.42 Å². The van der Waals surface area contributed by atoms with Gasteiger partial charge >= 0.3 is 0 Å². The number of benzene rings is 1. The molecule has 0 radical (unpaired) electrons. The van der Waals surface area contributed by atoms with Gasteiger partial charge in [-0.3, -0.25) is 9.79 Å². The number of hydrogen-bond donors (Lipinski definition) is 3. The molecule has 2 atom stereocenters. The molecular formula is C20H29F2IN4O. The molecule has 1 amide bonds. The summed E-state index contributed by atoms with van der Waals surface area (Å²) in [4.78, 5) is 16.5. The second kappa shape index (κ2) is 10.9. The Hall–Kier alpha value is -1.45. The molecule has 0 heterocycles. The van der Waals surface area contributed by atoms with E-state index in [1.54, 1.807) is 7.05 Å². The summed E-state index contributed by atoms with van der Waals surface area (Å²) in [6, 6.07) is 4.06. The molecule has 1 aromatic rings. The number of aliphatic imine (C=N–C) groups is 1. The van der Waals surface area contributed by atoms with E-state index in [1.807, 2.05) is 0 Å². The Bertz CT molecular complexity index is 697. The van der Waals surface area contributed by atoms with Gasteiger partial charge < -0.3 is 16.0 Å². The van der Waals surface area contributed by atoms with Crippen LogP contribution in [0.25, 0.3) is 0 Å². The predicted octanol–water partition coefficient (Wildman–Crippen LogP) is 3.13. The Morgan fingerprint density at radius 2 is 1.93 bits per heavy atom. The van der Waals surface area contributed by atoms with Crippen molar-refractivity contribution < 1.29 is 13.6 Å². The Labute approximate surface area is 182 Å². The molecule has 3 N–H and O–H groups in total. The van der Waals surface area contributed by atoms with Crippen LogP contribution in [0.5, 0.6) is 0 Å². The van der Waals surface area contributed by atoms with Gasteiger partial charge in [-0.05, 0) is 62.3 Å². The van der Waals surface area contributed by atoms with Crippen molar-refractivity contribution in [2.45, 2.75) is 57.0 Å². The number of nitrogens with one attached hydrogen (secondary N) is 3. The molecule has 2 fully saturated rings. The van der Waals surface area contributed by atoms with E-state index in [2.05, 4.69) is 20.9 Å². The van der Waals surface area contributed by atoms with Crippen LogP contribution in [-0.2, 0) is 11.2 Å². The standard InChI is InChI=1S/C20H28F2N4O.HI/c1-23-20(24-10-9-13-11-15(21)5-8-18(13)22)26-17-4-2-3-14(12-17)19(27)25-16-6-7-16;/h5,8,11,14,16-17H,2-4,6-7,9-10,12H2,1H3,(H,25,27)(H2,23,24,26);1H. The number of carbonyl (C=O) groups is 1. The first-order valence-corrected chi connectivity index (χ1v) is 9.76. The van der Waals surface area contributed by atoms with E-state index in [0.717, 1.165) is 50.7 Å². The molecule has 2 aliphatic rings. The van der Waals surface area contributed by atoms with Crippen LogP contribution in [0.1, 0.15) is 44.1 Å². The number of guanidine groups is 1. The van der Waals surface area contributed by atoms with E-state index in [1.165, 1.54) is 6.07 Å². The van der Waals surface area contributed by atoms with Crippen LogP contribution in [0.4, 0.5) is 8.78 Å². The third kappa shape index (κ3) is 6.86. The van der Waals surface area contributed by atoms with Crippen LogP contribution in [0.15, 0.2) is 23.2 Å². The van der Waals surface area contributed by atoms with E-state index < -0.39 is 11.6 Å². The zero-order chi connectivity index (χ0) is 19.2. The van der Waals surface area contributed by atoms with Gasteiger partial charge in [0, 0.05) is 31.6 Å². The van der Waals surface area contributed by atoms with Crippen LogP contribution in [-0.4, -0.2) is 37.5 Å². The van der Waals surface area contributed by atoms with Crippen molar-refractivity contribution in [3.05, 3.63) is 35.4 Å². The maximum absolute atomic E-state index is 13.7. The number of rotatable bonds is 6. The van der Waals surface area contributed by atoms with Crippen molar-refractivity contribution in [1.29, 1.82) is 0 Å². The summed E-state index contributed by atoms with van der Waals surface area (Å²) in [6.07, 6.45) is 6.28. The van der Waals surface area contributed by atoms with Gasteiger partial charge in [0.1, 0.15) is 11.6 Å². The average molecular weight is 506 g/mol. The van der Waals surface area contributed by atoms with Crippen molar-refractivity contribution in [3.63, 3.8) is 0 Å². The molecule has 0 saturated heterocycles. The van der Waals surface area contributed by atoms with E-state index >= 15 is 0 Å². The molecule has 28 heavy (non-hydrogen) atoms. The van der Waals surface area contributed by atoms with Gasteiger partial charge in [0.15, 0.2) is 5.96 Å². The highest BCUT2D eigenvalue weighted by Crippen LogP contribution is 2.26. The van der Waals surface area contributed by atoms with E-state index in [4.69, 9.17) is 0 Å². The van der Waals surface area contributed by atoms with Crippen molar-refractivity contribution in [2.75, 3.05) is 13.6 Å². The quantitative estimate of drug-likeness (QED) is 0.316. The molecule has 156 valence electrons. The van der Waals surface area contributed by atoms with Gasteiger partial charge in [0.05, 0.1) is 0 Å². The van der Waals surface area contributed by atoms with Crippen LogP contribution >= 0.6 is 24.0 Å². The zero-order valence-electron chi connectivity index (χ0n) is 16.1. The third-order valence-electron chi connectivity index (χ3n) is 5.23. The zero-order valence-corrected chi connectivity index (χ0v) is 18.5. The summed E-state index contributed by atoms with van der Waals surface area (Å²) in [5, 5.41) is 9.61. The van der Waals surface area contributed by atoms with Crippen LogP contribution < -0.4 is 16.0 Å². The first kappa shape index (κ1) is 22.8. The molecule has 0 aliphatic heterocycles. The molecule has 0 bridgehead atoms. The van der Waals surface area contributed by atoms with Crippen LogP contribution in [0.3, 0.4) is 0 Å². The molecule has 8 heteroatoms. The smallest absolute Gasteiger partial charge is 0.223 e. The molecule has 5 nitrogen and oxygen atoms in total. The fourth-order valence-electron chi connectivity index (χ4n) is 3.54. The van der Waals surface area contributed by atoms with Gasteiger partial charge in [-0.25, -0.2) is 8.78 Å². The molecule has 0 aromatic heterocycles. The summed E-state index contributed by atoms with van der Waals surface area (Å²) < 4.78 is 26.9. The lowest BCUT2D eigenvalue weighted by Crippen LogP contribution is -2.47. The lowest BCUT2D eigenvalue weighted by molar-refractivity contribution is -0.126. The van der Waals surface area contributed by atoms with E-state index in [-0.39, 0.29) is 41.8 Å². The monoisotopic (exact) mass is 506 g/mol. The van der Waals surface area contributed by atoms with Gasteiger partial charge in [-0.2, -0.15) is 0 Å². The maximum atomic E-state index is 13.7. The molecular weight excluding hydrogens is 477 g/mol. The third-order valence-corrected chi connectivity index (χ3v) is 5.23. The van der Waals surface area contributed by atoms with Crippen molar-refractivity contribution in [2.24, 2.45) is 10.9 Å². The number of carbonyl (C=O) groups excluding carboxylic acids is 1. The van der Waals surface area contributed by atoms with Crippen molar-refractivity contribution >= 4 is 35.8 Å². The predicted molar refractivity (Wildman–Crippen MR) is 117 cm³/mol. The molecule has 1 aromatic carbocycles. The first-order valence-electron chi connectivity index (χ1n) is 9.76. The van der Waals surface area contributed by atoms with E-state index in [0.29, 0.717) is 30.5 Å². The topological polar surface area (TPSA) is 65.5 Å². The average Bonchev–Trinajstić information content (AvgIpc) is 3.48. The highest BCUT2D eigenvalue weighted by molar-refractivity contribution is 14.0. The number of halogens is 3.